The second kappa shape index (κ2) is 6.20. The summed E-state index contributed by atoms with van der Waals surface area (Å²) >= 11 is 0. The van der Waals surface area contributed by atoms with Crippen molar-refractivity contribution < 1.29 is 9.90 Å². The first kappa shape index (κ1) is 10.5. The summed E-state index contributed by atoms with van der Waals surface area (Å²) in [7, 11) is 0. The van der Waals surface area contributed by atoms with Crippen LogP contribution < -0.4 is 0 Å². The summed E-state index contributed by atoms with van der Waals surface area (Å²) < 4.78 is 0. The maximum Gasteiger partial charge on any atom is 0.303 e. The van der Waals surface area contributed by atoms with E-state index in [0.29, 0.717) is 12.3 Å². The summed E-state index contributed by atoms with van der Waals surface area (Å²) in [6.45, 7) is 4.28. The molecule has 0 aromatic rings. The highest BCUT2D eigenvalue weighted by Gasteiger charge is 2.03. The van der Waals surface area contributed by atoms with Crippen molar-refractivity contribution in [1.82, 2.24) is 0 Å². The van der Waals surface area contributed by atoms with Gasteiger partial charge in [-0.3, -0.25) is 4.79 Å². The first-order valence-corrected chi connectivity index (χ1v) is 4.38. The standard InChI is InChI=1S/C9H18O2/c1-3-4-5-8(2)6-7-9(10)11/h8H,3-7H2,1-2H3,(H,10,11)/t8-/m1/s1. The van der Waals surface area contributed by atoms with Crippen molar-refractivity contribution >= 4 is 5.97 Å². The van der Waals surface area contributed by atoms with Gasteiger partial charge in [-0.1, -0.05) is 33.1 Å². The van der Waals surface area contributed by atoms with Crippen LogP contribution in [0.2, 0.25) is 0 Å². The minimum absolute atomic E-state index is 0.324. The van der Waals surface area contributed by atoms with Crippen LogP contribution in [0.3, 0.4) is 0 Å². The van der Waals surface area contributed by atoms with Crippen LogP contribution in [0.5, 0.6) is 0 Å². The SMILES string of the molecule is CCCC[C@@H](C)CCC(=O)O. The molecule has 2 nitrogen and oxygen atoms in total. The summed E-state index contributed by atoms with van der Waals surface area (Å²) in [5.41, 5.74) is 0. The van der Waals surface area contributed by atoms with Gasteiger partial charge < -0.3 is 5.11 Å². The molecule has 0 heterocycles. The van der Waals surface area contributed by atoms with E-state index in [0.717, 1.165) is 6.42 Å². The van der Waals surface area contributed by atoms with Crippen molar-refractivity contribution in [3.8, 4) is 0 Å². The fraction of sp³-hybridized carbons (Fsp3) is 0.889. The number of hydrogen-bond donors (Lipinski definition) is 1. The van der Waals surface area contributed by atoms with Gasteiger partial charge in [0.25, 0.3) is 0 Å². The predicted octanol–water partition coefficient (Wildman–Crippen LogP) is 2.68. The molecule has 0 saturated carbocycles. The lowest BCUT2D eigenvalue weighted by molar-refractivity contribution is -0.137. The quantitative estimate of drug-likeness (QED) is 0.645. The predicted molar refractivity (Wildman–Crippen MR) is 45.6 cm³/mol. The van der Waals surface area contributed by atoms with E-state index < -0.39 is 5.97 Å². The van der Waals surface area contributed by atoms with Gasteiger partial charge in [0.05, 0.1) is 0 Å². The van der Waals surface area contributed by atoms with Gasteiger partial charge in [-0.2, -0.15) is 0 Å². The monoisotopic (exact) mass is 158 g/mol. The molecule has 0 aromatic heterocycles. The molecule has 0 bridgehead atoms. The minimum atomic E-state index is -0.673. The van der Waals surface area contributed by atoms with Crippen molar-refractivity contribution in [1.29, 1.82) is 0 Å². The van der Waals surface area contributed by atoms with Gasteiger partial charge in [0, 0.05) is 6.42 Å². The van der Waals surface area contributed by atoms with Crippen molar-refractivity contribution in [2.45, 2.75) is 46.0 Å². The normalized spacial score (nSPS) is 12.9. The van der Waals surface area contributed by atoms with Crippen LogP contribution >= 0.6 is 0 Å². The van der Waals surface area contributed by atoms with Crippen LogP contribution in [0, 0.1) is 5.92 Å². The average Bonchev–Trinajstić information content (AvgIpc) is 1.97. The Balaban J connectivity index is 3.22. The number of carbonyl (C=O) groups is 1. The molecule has 66 valence electrons. The molecule has 0 rings (SSSR count). The van der Waals surface area contributed by atoms with Gasteiger partial charge in [-0.25, -0.2) is 0 Å². The Bertz CT molecular complexity index is 110. The first-order valence-electron chi connectivity index (χ1n) is 4.38. The number of hydrogen-bond acceptors (Lipinski definition) is 1. The Labute approximate surface area is 68.6 Å². The highest BCUT2D eigenvalue weighted by molar-refractivity contribution is 5.66. The number of unbranched alkanes of at least 4 members (excludes halogenated alkanes) is 1. The fourth-order valence-electron chi connectivity index (χ4n) is 1.07. The number of carboxylic acid groups (broad SMARTS) is 1. The zero-order chi connectivity index (χ0) is 8.69. The third kappa shape index (κ3) is 7.37. The second-order valence-electron chi connectivity index (χ2n) is 3.18. The summed E-state index contributed by atoms with van der Waals surface area (Å²) in [5, 5.41) is 8.39. The minimum Gasteiger partial charge on any atom is -0.481 e. The summed E-state index contributed by atoms with van der Waals surface area (Å²) in [4.78, 5) is 10.2. The van der Waals surface area contributed by atoms with Gasteiger partial charge in [0.1, 0.15) is 0 Å². The molecule has 0 aliphatic carbocycles. The Hall–Kier alpha value is -0.530. The summed E-state index contributed by atoms with van der Waals surface area (Å²) in [6.07, 6.45) is 4.75. The Morgan fingerprint density at radius 3 is 2.55 bits per heavy atom. The molecule has 0 aromatic carbocycles. The van der Waals surface area contributed by atoms with Crippen molar-refractivity contribution in [2.75, 3.05) is 0 Å². The van der Waals surface area contributed by atoms with E-state index in [2.05, 4.69) is 13.8 Å². The molecule has 0 amide bonds. The maximum atomic E-state index is 10.2. The molecule has 0 radical (unpaired) electrons. The van der Waals surface area contributed by atoms with Gasteiger partial charge >= 0.3 is 5.97 Å². The summed E-state index contributed by atoms with van der Waals surface area (Å²) in [5.74, 6) is -0.0978. The molecule has 1 N–H and O–H groups in total. The average molecular weight is 158 g/mol. The lowest BCUT2D eigenvalue weighted by atomic mass is 9.99. The zero-order valence-corrected chi connectivity index (χ0v) is 7.47. The molecule has 2 heteroatoms. The van der Waals surface area contributed by atoms with E-state index in [1.807, 2.05) is 0 Å². The molecule has 0 saturated heterocycles. The lowest BCUT2D eigenvalue weighted by Gasteiger charge is -2.07. The van der Waals surface area contributed by atoms with Gasteiger partial charge in [0.15, 0.2) is 0 Å². The first-order chi connectivity index (χ1) is 5.16. The van der Waals surface area contributed by atoms with Gasteiger partial charge in [-0.15, -0.1) is 0 Å². The van der Waals surface area contributed by atoms with Crippen LogP contribution in [0.1, 0.15) is 46.0 Å². The van der Waals surface area contributed by atoms with Crippen LogP contribution in [-0.4, -0.2) is 11.1 Å². The van der Waals surface area contributed by atoms with Crippen molar-refractivity contribution in [2.24, 2.45) is 5.92 Å². The topological polar surface area (TPSA) is 37.3 Å². The molecule has 0 fully saturated rings. The van der Waals surface area contributed by atoms with Crippen molar-refractivity contribution in [3.63, 3.8) is 0 Å². The number of aliphatic carboxylic acids is 1. The number of carboxylic acids is 1. The highest BCUT2D eigenvalue weighted by Crippen LogP contribution is 2.13. The van der Waals surface area contributed by atoms with E-state index in [9.17, 15) is 4.79 Å². The fourth-order valence-corrected chi connectivity index (χ4v) is 1.07. The van der Waals surface area contributed by atoms with Crippen LogP contribution in [0.15, 0.2) is 0 Å². The second-order valence-corrected chi connectivity index (χ2v) is 3.18. The molecule has 0 aliphatic heterocycles. The maximum absolute atomic E-state index is 10.2. The van der Waals surface area contributed by atoms with Gasteiger partial charge in [-0.05, 0) is 12.3 Å². The molecular weight excluding hydrogens is 140 g/mol. The zero-order valence-electron chi connectivity index (χ0n) is 7.47. The van der Waals surface area contributed by atoms with E-state index in [1.54, 1.807) is 0 Å². The third-order valence-corrected chi connectivity index (χ3v) is 1.90. The molecule has 0 unspecified atom stereocenters. The van der Waals surface area contributed by atoms with Crippen LogP contribution in [-0.2, 0) is 4.79 Å². The van der Waals surface area contributed by atoms with Crippen molar-refractivity contribution in [3.05, 3.63) is 0 Å². The van der Waals surface area contributed by atoms with E-state index >= 15 is 0 Å². The molecular formula is C9H18O2. The van der Waals surface area contributed by atoms with Crippen LogP contribution in [0.25, 0.3) is 0 Å². The molecule has 0 spiro atoms. The largest absolute Gasteiger partial charge is 0.481 e. The van der Waals surface area contributed by atoms with E-state index in [-0.39, 0.29) is 0 Å². The Kier molecular flexibility index (Phi) is 5.90. The molecule has 0 aliphatic rings. The highest BCUT2D eigenvalue weighted by atomic mass is 16.4. The third-order valence-electron chi connectivity index (χ3n) is 1.90. The number of rotatable bonds is 6. The molecule has 1 atom stereocenters. The van der Waals surface area contributed by atoms with Gasteiger partial charge in [0.2, 0.25) is 0 Å². The lowest BCUT2D eigenvalue weighted by Crippen LogP contribution is -2.00. The van der Waals surface area contributed by atoms with Crippen LogP contribution in [0.4, 0.5) is 0 Å². The molecule has 11 heavy (non-hydrogen) atoms. The summed E-state index contributed by atoms with van der Waals surface area (Å²) in [6, 6.07) is 0. The smallest absolute Gasteiger partial charge is 0.303 e. The van der Waals surface area contributed by atoms with E-state index in [1.165, 1.54) is 19.3 Å². The van der Waals surface area contributed by atoms with E-state index in [4.69, 9.17) is 5.11 Å². The Morgan fingerprint density at radius 1 is 1.45 bits per heavy atom. The Morgan fingerprint density at radius 2 is 2.09 bits per heavy atom.